The second-order valence-electron chi connectivity index (χ2n) is 5.45. The Bertz CT molecular complexity index is 514. The quantitative estimate of drug-likeness (QED) is 0.873. The Balaban J connectivity index is 1.97. The van der Waals surface area contributed by atoms with E-state index in [-0.39, 0.29) is 6.03 Å². The summed E-state index contributed by atoms with van der Waals surface area (Å²) in [6.07, 6.45) is 4.01. The van der Waals surface area contributed by atoms with E-state index in [2.05, 4.69) is 17.3 Å². The molecule has 2 N–H and O–H groups in total. The molecular weight excluding hydrogens is 272 g/mol. The highest BCUT2D eigenvalue weighted by Crippen LogP contribution is 2.25. The highest BCUT2D eigenvalue weighted by molar-refractivity contribution is 5.82. The summed E-state index contributed by atoms with van der Waals surface area (Å²) in [5.41, 5.74) is 0.874. The van der Waals surface area contributed by atoms with Crippen LogP contribution >= 0.6 is 0 Å². The maximum Gasteiger partial charge on any atom is 0.326 e. The summed E-state index contributed by atoms with van der Waals surface area (Å²) in [6, 6.07) is 0.770. The normalized spacial score (nSPS) is 22.1. The molecule has 2 amide bonds. The molecule has 21 heavy (non-hydrogen) atoms. The average molecular weight is 294 g/mol. The van der Waals surface area contributed by atoms with Crippen molar-refractivity contribution < 1.29 is 14.7 Å². The van der Waals surface area contributed by atoms with Crippen molar-refractivity contribution in [1.82, 2.24) is 20.0 Å². The van der Waals surface area contributed by atoms with E-state index >= 15 is 0 Å². The van der Waals surface area contributed by atoms with Crippen LogP contribution in [0.1, 0.15) is 31.9 Å². The van der Waals surface area contributed by atoms with Gasteiger partial charge in [0.05, 0.1) is 12.2 Å². The van der Waals surface area contributed by atoms with E-state index in [4.69, 9.17) is 0 Å². The number of likely N-dealkylation sites (tertiary alicyclic amines) is 1. The first-order valence-electron chi connectivity index (χ1n) is 7.27. The Hall–Kier alpha value is -2.05. The highest BCUT2D eigenvalue weighted by atomic mass is 16.4. The first-order valence-corrected chi connectivity index (χ1v) is 7.27. The van der Waals surface area contributed by atoms with Gasteiger partial charge in [-0.2, -0.15) is 5.10 Å². The van der Waals surface area contributed by atoms with E-state index in [1.807, 2.05) is 6.07 Å². The number of carbonyl (C=O) groups excluding carboxylic acids is 1. The molecule has 2 heterocycles. The minimum Gasteiger partial charge on any atom is -0.480 e. The number of aliphatic carboxylic acids is 1. The SMILES string of the molecule is CCC1CCN(C(=O)NCc2ccnn2C)C(C(=O)O)C1. The summed E-state index contributed by atoms with van der Waals surface area (Å²) >= 11 is 0. The van der Waals surface area contributed by atoms with Gasteiger partial charge in [-0.25, -0.2) is 9.59 Å². The molecule has 1 aliphatic heterocycles. The zero-order valence-corrected chi connectivity index (χ0v) is 12.5. The van der Waals surface area contributed by atoms with Gasteiger partial charge in [0.2, 0.25) is 0 Å². The fraction of sp³-hybridized carbons (Fsp3) is 0.643. The van der Waals surface area contributed by atoms with Crippen LogP contribution in [0.4, 0.5) is 4.79 Å². The molecule has 1 aromatic rings. The fourth-order valence-electron chi connectivity index (χ4n) is 2.73. The van der Waals surface area contributed by atoms with E-state index in [0.29, 0.717) is 25.4 Å². The topological polar surface area (TPSA) is 87.5 Å². The van der Waals surface area contributed by atoms with E-state index in [0.717, 1.165) is 18.5 Å². The van der Waals surface area contributed by atoms with Crippen LogP contribution in [0.5, 0.6) is 0 Å². The fourth-order valence-corrected chi connectivity index (χ4v) is 2.73. The molecule has 116 valence electrons. The number of urea groups is 1. The summed E-state index contributed by atoms with van der Waals surface area (Å²) in [6.45, 7) is 2.89. The Morgan fingerprint density at radius 2 is 2.29 bits per heavy atom. The smallest absolute Gasteiger partial charge is 0.326 e. The predicted octanol–water partition coefficient (Wildman–Crippen LogP) is 1.20. The van der Waals surface area contributed by atoms with Gasteiger partial charge in [-0.3, -0.25) is 4.68 Å². The average Bonchev–Trinajstić information content (AvgIpc) is 2.89. The third-order valence-electron chi connectivity index (χ3n) is 4.18. The van der Waals surface area contributed by atoms with Crippen molar-refractivity contribution in [3.8, 4) is 0 Å². The molecule has 7 heteroatoms. The largest absolute Gasteiger partial charge is 0.480 e. The summed E-state index contributed by atoms with van der Waals surface area (Å²) in [5, 5.41) is 16.1. The number of nitrogens with zero attached hydrogens (tertiary/aromatic N) is 3. The van der Waals surface area contributed by atoms with Gasteiger partial charge >= 0.3 is 12.0 Å². The summed E-state index contributed by atoms with van der Waals surface area (Å²) < 4.78 is 1.68. The van der Waals surface area contributed by atoms with Crippen LogP contribution in [0.25, 0.3) is 0 Å². The van der Waals surface area contributed by atoms with Gasteiger partial charge in [-0.1, -0.05) is 13.3 Å². The lowest BCUT2D eigenvalue weighted by atomic mass is 9.89. The lowest BCUT2D eigenvalue weighted by molar-refractivity contribution is -0.144. The summed E-state index contributed by atoms with van der Waals surface area (Å²) in [4.78, 5) is 25.1. The van der Waals surface area contributed by atoms with Gasteiger partial charge in [0, 0.05) is 19.8 Å². The molecule has 0 aromatic carbocycles. The number of piperidine rings is 1. The molecule has 0 bridgehead atoms. The van der Waals surface area contributed by atoms with Crippen LogP contribution in [-0.2, 0) is 18.4 Å². The molecule has 0 aliphatic carbocycles. The van der Waals surface area contributed by atoms with Crippen molar-refractivity contribution in [2.24, 2.45) is 13.0 Å². The number of rotatable bonds is 4. The Labute approximate surface area is 123 Å². The number of hydrogen-bond acceptors (Lipinski definition) is 3. The number of nitrogens with one attached hydrogen (secondary N) is 1. The van der Waals surface area contributed by atoms with E-state index in [1.165, 1.54) is 4.90 Å². The second kappa shape index (κ2) is 6.60. The van der Waals surface area contributed by atoms with Crippen molar-refractivity contribution in [3.05, 3.63) is 18.0 Å². The van der Waals surface area contributed by atoms with Crippen molar-refractivity contribution in [2.45, 2.75) is 38.8 Å². The minimum atomic E-state index is -0.927. The molecule has 7 nitrogen and oxygen atoms in total. The molecule has 0 spiro atoms. The lowest BCUT2D eigenvalue weighted by Crippen LogP contribution is -2.53. The maximum atomic E-state index is 12.2. The maximum absolute atomic E-state index is 12.2. The lowest BCUT2D eigenvalue weighted by Gasteiger charge is -2.36. The number of carboxylic acids is 1. The zero-order chi connectivity index (χ0) is 15.4. The van der Waals surface area contributed by atoms with Gasteiger partial charge in [0.15, 0.2) is 0 Å². The summed E-state index contributed by atoms with van der Waals surface area (Å²) in [5.74, 6) is -0.545. The van der Waals surface area contributed by atoms with Crippen LogP contribution in [-0.4, -0.2) is 44.4 Å². The minimum absolute atomic E-state index is 0.321. The van der Waals surface area contributed by atoms with Gasteiger partial charge in [-0.15, -0.1) is 0 Å². The molecule has 1 saturated heterocycles. The molecule has 2 atom stereocenters. The monoisotopic (exact) mass is 294 g/mol. The van der Waals surface area contributed by atoms with E-state index in [9.17, 15) is 14.7 Å². The number of amides is 2. The molecule has 1 aliphatic rings. The number of aryl methyl sites for hydroxylation is 1. The van der Waals surface area contributed by atoms with E-state index in [1.54, 1.807) is 17.9 Å². The Morgan fingerprint density at radius 1 is 1.52 bits per heavy atom. The van der Waals surface area contributed by atoms with Gasteiger partial charge in [0.1, 0.15) is 6.04 Å². The van der Waals surface area contributed by atoms with Gasteiger partial charge in [0.25, 0.3) is 0 Å². The number of aromatic nitrogens is 2. The molecule has 0 radical (unpaired) electrons. The Morgan fingerprint density at radius 3 is 2.86 bits per heavy atom. The number of hydrogen-bond donors (Lipinski definition) is 2. The van der Waals surface area contributed by atoms with Crippen LogP contribution in [0.15, 0.2) is 12.3 Å². The zero-order valence-electron chi connectivity index (χ0n) is 12.5. The van der Waals surface area contributed by atoms with Gasteiger partial charge in [-0.05, 0) is 24.8 Å². The predicted molar refractivity (Wildman–Crippen MR) is 76.6 cm³/mol. The van der Waals surface area contributed by atoms with Gasteiger partial charge < -0.3 is 15.3 Å². The third-order valence-corrected chi connectivity index (χ3v) is 4.18. The molecule has 2 unspecified atom stereocenters. The van der Waals surface area contributed by atoms with E-state index < -0.39 is 12.0 Å². The first-order chi connectivity index (χ1) is 10.0. The highest BCUT2D eigenvalue weighted by Gasteiger charge is 2.35. The van der Waals surface area contributed by atoms with Crippen molar-refractivity contribution in [2.75, 3.05) is 6.54 Å². The van der Waals surface area contributed by atoms with Crippen molar-refractivity contribution in [3.63, 3.8) is 0 Å². The second-order valence-corrected chi connectivity index (χ2v) is 5.45. The van der Waals surface area contributed by atoms with Crippen LogP contribution in [0, 0.1) is 5.92 Å². The number of carboxylic acid groups (broad SMARTS) is 1. The molecule has 1 aromatic heterocycles. The molecule has 0 saturated carbocycles. The Kier molecular flexibility index (Phi) is 4.82. The molecule has 2 rings (SSSR count). The van der Waals surface area contributed by atoms with Crippen LogP contribution in [0.3, 0.4) is 0 Å². The first kappa shape index (κ1) is 15.3. The van der Waals surface area contributed by atoms with Crippen LogP contribution < -0.4 is 5.32 Å². The van der Waals surface area contributed by atoms with Crippen molar-refractivity contribution >= 4 is 12.0 Å². The standard InChI is InChI=1S/C14H22N4O3/c1-3-10-5-7-18(12(8-10)13(19)20)14(21)15-9-11-4-6-16-17(11)2/h4,6,10,12H,3,5,7-9H2,1-2H3,(H,15,21)(H,19,20). The molecule has 1 fully saturated rings. The number of carbonyl (C=O) groups is 2. The molecular formula is C14H22N4O3. The van der Waals surface area contributed by atoms with Crippen LogP contribution in [0.2, 0.25) is 0 Å². The third kappa shape index (κ3) is 3.53. The van der Waals surface area contributed by atoms with Crippen molar-refractivity contribution in [1.29, 1.82) is 0 Å². The summed E-state index contributed by atoms with van der Waals surface area (Å²) in [7, 11) is 1.80.